The van der Waals surface area contributed by atoms with Crippen molar-refractivity contribution in [3.63, 3.8) is 0 Å². The summed E-state index contributed by atoms with van der Waals surface area (Å²) in [6.45, 7) is 1.78. The minimum Gasteiger partial charge on any atom is -0.497 e. The zero-order valence-corrected chi connectivity index (χ0v) is 20.9. The van der Waals surface area contributed by atoms with Crippen LogP contribution in [0.15, 0.2) is 77.5 Å². The Bertz CT molecular complexity index is 1430. The smallest absolute Gasteiger partial charge is 0.337 e. The molecule has 188 valence electrons. The summed E-state index contributed by atoms with van der Waals surface area (Å²) in [7, 11) is 2.80. The number of esters is 1. The number of benzene rings is 3. The molecule has 0 saturated heterocycles. The van der Waals surface area contributed by atoms with Crippen molar-refractivity contribution >= 4 is 52.4 Å². The Balaban J connectivity index is 1.53. The molecule has 3 aromatic carbocycles. The van der Waals surface area contributed by atoms with Gasteiger partial charge in [-0.25, -0.2) is 9.69 Å². The number of rotatable bonds is 7. The van der Waals surface area contributed by atoms with Gasteiger partial charge in [-0.15, -0.1) is 0 Å². The Morgan fingerprint density at radius 1 is 0.865 bits per heavy atom. The van der Waals surface area contributed by atoms with Crippen LogP contribution in [0.1, 0.15) is 26.3 Å². The number of methoxy groups -OCH3 is 2. The normalized spacial score (nSPS) is 13.0. The van der Waals surface area contributed by atoms with Crippen LogP contribution in [-0.2, 0) is 14.3 Å². The van der Waals surface area contributed by atoms with Gasteiger partial charge in [-0.2, -0.15) is 0 Å². The molecule has 1 aliphatic rings. The molecule has 0 aromatic heterocycles. The van der Waals surface area contributed by atoms with Gasteiger partial charge in [0.1, 0.15) is 16.5 Å². The maximum atomic E-state index is 13.1. The van der Waals surface area contributed by atoms with Gasteiger partial charge in [0.15, 0.2) is 0 Å². The number of aryl methyl sites for hydroxylation is 1. The second kappa shape index (κ2) is 10.5. The number of amides is 3. The molecule has 0 saturated carbocycles. The summed E-state index contributed by atoms with van der Waals surface area (Å²) in [5, 5.41) is 5.41. The van der Waals surface area contributed by atoms with Crippen molar-refractivity contribution in [1.82, 2.24) is 0 Å². The van der Waals surface area contributed by atoms with Crippen LogP contribution < -0.4 is 20.3 Å². The van der Waals surface area contributed by atoms with Crippen LogP contribution in [0.5, 0.6) is 5.75 Å². The number of hydrogen-bond donors (Lipinski definition) is 2. The monoisotopic (exact) mass is 519 g/mol. The summed E-state index contributed by atoms with van der Waals surface area (Å²) in [6, 6.07) is 17.5. The van der Waals surface area contributed by atoms with Gasteiger partial charge in [-0.1, -0.05) is 17.7 Å². The molecule has 0 fully saturated rings. The molecule has 0 bridgehead atoms. The van der Waals surface area contributed by atoms with Gasteiger partial charge in [0.25, 0.3) is 17.7 Å². The van der Waals surface area contributed by atoms with E-state index < -0.39 is 23.7 Å². The zero-order valence-electron chi connectivity index (χ0n) is 20.1. The summed E-state index contributed by atoms with van der Waals surface area (Å²) in [6.07, 6.45) is 0. The van der Waals surface area contributed by atoms with Crippen molar-refractivity contribution in [2.45, 2.75) is 6.92 Å². The summed E-state index contributed by atoms with van der Waals surface area (Å²) < 4.78 is 9.79. The molecule has 9 nitrogen and oxygen atoms in total. The molecule has 1 heterocycles. The number of halogens is 1. The molecular weight excluding hydrogens is 498 g/mol. The molecule has 1 aliphatic heterocycles. The lowest BCUT2D eigenvalue weighted by Crippen LogP contribution is -2.32. The van der Waals surface area contributed by atoms with E-state index in [2.05, 4.69) is 15.4 Å². The fourth-order valence-corrected chi connectivity index (χ4v) is 3.83. The Kier molecular flexibility index (Phi) is 7.26. The SMILES string of the molecule is COC(=O)c1ccc(NC(=O)c2ccc(C)c(NC3=C(Cl)C(=O)N(c4ccc(OC)cc4)C3=O)c2)cc1. The largest absolute Gasteiger partial charge is 0.497 e. The highest BCUT2D eigenvalue weighted by atomic mass is 35.5. The van der Waals surface area contributed by atoms with Crippen molar-refractivity contribution in [1.29, 1.82) is 0 Å². The van der Waals surface area contributed by atoms with Crippen LogP contribution in [0.2, 0.25) is 0 Å². The first-order valence-electron chi connectivity index (χ1n) is 11.0. The molecule has 2 N–H and O–H groups in total. The minimum absolute atomic E-state index is 0.0958. The van der Waals surface area contributed by atoms with E-state index in [4.69, 9.17) is 16.3 Å². The number of carbonyl (C=O) groups excluding carboxylic acids is 4. The van der Waals surface area contributed by atoms with Gasteiger partial charge in [-0.05, 0) is 73.2 Å². The molecule has 0 radical (unpaired) electrons. The Morgan fingerprint density at radius 2 is 1.51 bits per heavy atom. The summed E-state index contributed by atoms with van der Waals surface area (Å²) in [5.41, 5.74) is 2.52. The third kappa shape index (κ3) is 5.17. The van der Waals surface area contributed by atoms with Gasteiger partial charge in [0.05, 0.1) is 25.5 Å². The fraction of sp³-hybridized carbons (Fsp3) is 0.111. The van der Waals surface area contributed by atoms with Gasteiger partial charge < -0.3 is 20.1 Å². The quantitative estimate of drug-likeness (QED) is 0.349. The second-order valence-corrected chi connectivity index (χ2v) is 8.39. The lowest BCUT2D eigenvalue weighted by Gasteiger charge is -2.16. The third-order valence-electron chi connectivity index (χ3n) is 5.68. The predicted octanol–water partition coefficient (Wildman–Crippen LogP) is 4.48. The van der Waals surface area contributed by atoms with E-state index in [1.165, 1.54) is 26.4 Å². The maximum absolute atomic E-state index is 13.1. The molecule has 4 rings (SSSR count). The zero-order chi connectivity index (χ0) is 26.7. The first-order chi connectivity index (χ1) is 17.7. The Morgan fingerprint density at radius 3 is 2.14 bits per heavy atom. The lowest BCUT2D eigenvalue weighted by atomic mass is 10.1. The molecule has 0 unspecified atom stereocenters. The van der Waals surface area contributed by atoms with Crippen LogP contribution >= 0.6 is 11.6 Å². The number of nitrogens with one attached hydrogen (secondary N) is 2. The van der Waals surface area contributed by atoms with Crippen LogP contribution in [0.3, 0.4) is 0 Å². The standard InChI is InChI=1S/C27H22ClN3O6/c1-15-4-5-17(24(32)29-18-8-6-16(7-9-18)27(35)37-3)14-21(15)30-23-22(28)25(33)31(26(23)34)19-10-12-20(36-2)13-11-19/h4-14,30H,1-3H3,(H,29,32). The molecule has 10 heteroatoms. The first kappa shape index (κ1) is 25.5. The summed E-state index contributed by atoms with van der Waals surface area (Å²) in [4.78, 5) is 51.3. The number of carbonyl (C=O) groups is 4. The molecule has 3 amide bonds. The number of hydrogen-bond acceptors (Lipinski definition) is 7. The molecule has 37 heavy (non-hydrogen) atoms. The number of ether oxygens (including phenoxy) is 2. The molecular formula is C27H22ClN3O6. The van der Waals surface area contributed by atoms with E-state index in [-0.39, 0.29) is 10.7 Å². The molecule has 0 aliphatic carbocycles. The Labute approximate surface area is 217 Å². The average molecular weight is 520 g/mol. The highest BCUT2D eigenvalue weighted by molar-refractivity contribution is 6.53. The number of imide groups is 1. The predicted molar refractivity (Wildman–Crippen MR) is 139 cm³/mol. The highest BCUT2D eigenvalue weighted by Gasteiger charge is 2.39. The maximum Gasteiger partial charge on any atom is 0.337 e. The number of nitrogens with zero attached hydrogens (tertiary/aromatic N) is 1. The van der Waals surface area contributed by atoms with Crippen LogP contribution in [0.25, 0.3) is 0 Å². The average Bonchev–Trinajstić information content (AvgIpc) is 3.12. The molecule has 3 aromatic rings. The summed E-state index contributed by atoms with van der Waals surface area (Å²) in [5.74, 6) is -1.61. The van der Waals surface area contributed by atoms with Crippen molar-refractivity contribution < 1.29 is 28.7 Å². The molecule has 0 spiro atoms. The number of anilines is 3. The van der Waals surface area contributed by atoms with E-state index in [9.17, 15) is 19.2 Å². The highest BCUT2D eigenvalue weighted by Crippen LogP contribution is 2.32. The van der Waals surface area contributed by atoms with Crippen molar-refractivity contribution in [2.24, 2.45) is 0 Å². The minimum atomic E-state index is -0.665. The van der Waals surface area contributed by atoms with Gasteiger partial charge >= 0.3 is 5.97 Å². The molecule has 0 atom stereocenters. The van der Waals surface area contributed by atoms with Gasteiger partial charge in [0.2, 0.25) is 0 Å². The van der Waals surface area contributed by atoms with E-state index >= 15 is 0 Å². The topological polar surface area (TPSA) is 114 Å². The van der Waals surface area contributed by atoms with E-state index in [1.54, 1.807) is 61.5 Å². The van der Waals surface area contributed by atoms with Crippen LogP contribution in [0.4, 0.5) is 17.1 Å². The lowest BCUT2D eigenvalue weighted by molar-refractivity contribution is -0.120. The van der Waals surface area contributed by atoms with E-state index in [0.29, 0.717) is 33.9 Å². The fourth-order valence-electron chi connectivity index (χ4n) is 3.62. The van der Waals surface area contributed by atoms with E-state index in [0.717, 1.165) is 10.5 Å². The van der Waals surface area contributed by atoms with Crippen molar-refractivity contribution in [3.8, 4) is 5.75 Å². The van der Waals surface area contributed by atoms with Gasteiger partial charge in [0, 0.05) is 16.9 Å². The second-order valence-electron chi connectivity index (χ2n) is 8.01. The van der Waals surface area contributed by atoms with Crippen molar-refractivity contribution in [3.05, 3.63) is 94.1 Å². The third-order valence-corrected chi connectivity index (χ3v) is 6.03. The van der Waals surface area contributed by atoms with Crippen molar-refractivity contribution in [2.75, 3.05) is 29.8 Å². The van der Waals surface area contributed by atoms with E-state index in [1.807, 2.05) is 0 Å². The first-order valence-corrected chi connectivity index (χ1v) is 11.4. The Hall–Kier alpha value is -4.63. The van der Waals surface area contributed by atoms with Crippen LogP contribution in [-0.4, -0.2) is 37.9 Å². The summed E-state index contributed by atoms with van der Waals surface area (Å²) >= 11 is 6.25. The van der Waals surface area contributed by atoms with Crippen LogP contribution in [0, 0.1) is 6.92 Å². The van der Waals surface area contributed by atoms with Gasteiger partial charge in [-0.3, -0.25) is 14.4 Å².